The molecule has 1 aliphatic rings. The highest BCUT2D eigenvalue weighted by Gasteiger charge is 2.37. The second kappa shape index (κ2) is 5.66. The lowest BCUT2D eigenvalue weighted by atomic mass is 10.1. The minimum absolute atomic E-state index is 0.0550. The number of anilines is 1. The van der Waals surface area contributed by atoms with Gasteiger partial charge < -0.3 is 4.90 Å². The number of benzene rings is 1. The zero-order valence-electron chi connectivity index (χ0n) is 12.6. The molecule has 3 amide bonds. The van der Waals surface area contributed by atoms with Crippen LogP contribution in [0.2, 0.25) is 0 Å². The third kappa shape index (κ3) is 2.97. The summed E-state index contributed by atoms with van der Waals surface area (Å²) in [5.74, 6) is -0.403. The minimum Gasteiger partial charge on any atom is -0.310 e. The van der Waals surface area contributed by atoms with Gasteiger partial charge in [0.2, 0.25) is 0 Å². The Labute approximate surface area is 135 Å². The predicted octanol–water partition coefficient (Wildman–Crippen LogP) is 2.41. The minimum atomic E-state index is -4.41. The van der Waals surface area contributed by atoms with E-state index in [1.807, 2.05) is 0 Å². The number of alkyl halides is 3. The molecule has 3 rings (SSSR count). The maximum Gasteiger partial charge on any atom is 0.416 e. The Balaban J connectivity index is 1.75. The van der Waals surface area contributed by atoms with Crippen molar-refractivity contribution in [1.29, 1.82) is 0 Å². The number of halogens is 3. The Kier molecular flexibility index (Phi) is 3.78. The average Bonchev–Trinajstić information content (AvgIpc) is 3.03. The molecule has 1 aromatic heterocycles. The van der Waals surface area contributed by atoms with Gasteiger partial charge in [0, 0.05) is 19.8 Å². The van der Waals surface area contributed by atoms with Crippen LogP contribution < -0.4 is 4.90 Å². The first-order valence-corrected chi connectivity index (χ1v) is 7.02. The van der Waals surface area contributed by atoms with E-state index in [1.54, 1.807) is 7.05 Å². The highest BCUT2D eigenvalue weighted by Crippen LogP contribution is 2.29. The van der Waals surface area contributed by atoms with Gasteiger partial charge in [-0.3, -0.25) is 9.48 Å². The Bertz CT molecular complexity index is 783. The molecule has 0 saturated carbocycles. The van der Waals surface area contributed by atoms with Crippen LogP contribution in [-0.2, 0) is 24.6 Å². The molecule has 0 radical (unpaired) electrons. The molecule has 126 valence electrons. The maximum atomic E-state index is 12.6. The van der Waals surface area contributed by atoms with Gasteiger partial charge in [0.1, 0.15) is 6.54 Å². The van der Waals surface area contributed by atoms with Crippen molar-refractivity contribution in [2.75, 3.05) is 11.4 Å². The van der Waals surface area contributed by atoms with Crippen LogP contribution in [0.5, 0.6) is 0 Å². The summed E-state index contributed by atoms with van der Waals surface area (Å²) in [5.41, 5.74) is 0.117. The number of rotatable bonds is 3. The van der Waals surface area contributed by atoms with Crippen LogP contribution in [0.25, 0.3) is 0 Å². The largest absolute Gasteiger partial charge is 0.416 e. The lowest BCUT2D eigenvalue weighted by molar-refractivity contribution is -0.137. The number of urea groups is 1. The SMILES string of the molecule is Cn1cc(N2C(=O)CN(Cc3ccc(C(F)(F)F)cc3)C2=O)cn1. The number of hydrogen-bond donors (Lipinski definition) is 0. The summed E-state index contributed by atoms with van der Waals surface area (Å²) in [6.45, 7) is -0.0752. The fraction of sp³-hybridized carbons (Fsp3) is 0.267. The van der Waals surface area contributed by atoms with E-state index in [9.17, 15) is 22.8 Å². The molecule has 0 bridgehead atoms. The number of nitrogens with zero attached hydrogens (tertiary/aromatic N) is 4. The van der Waals surface area contributed by atoms with Crippen LogP contribution in [0.4, 0.5) is 23.7 Å². The van der Waals surface area contributed by atoms with Gasteiger partial charge in [-0.05, 0) is 17.7 Å². The van der Waals surface area contributed by atoms with Gasteiger partial charge in [-0.15, -0.1) is 0 Å². The van der Waals surface area contributed by atoms with Gasteiger partial charge in [-0.1, -0.05) is 12.1 Å². The van der Waals surface area contributed by atoms with Gasteiger partial charge in [0.25, 0.3) is 5.91 Å². The summed E-state index contributed by atoms with van der Waals surface area (Å²) < 4.78 is 39.1. The molecule has 24 heavy (non-hydrogen) atoms. The summed E-state index contributed by atoms with van der Waals surface area (Å²) in [4.78, 5) is 26.7. The van der Waals surface area contributed by atoms with E-state index in [2.05, 4.69) is 5.10 Å². The molecule has 1 aliphatic heterocycles. The summed E-state index contributed by atoms with van der Waals surface area (Å²) >= 11 is 0. The maximum absolute atomic E-state index is 12.6. The first-order valence-electron chi connectivity index (χ1n) is 7.02. The highest BCUT2D eigenvalue weighted by atomic mass is 19.4. The molecule has 0 spiro atoms. The Morgan fingerprint density at radius 2 is 1.83 bits per heavy atom. The van der Waals surface area contributed by atoms with E-state index in [1.165, 1.54) is 34.1 Å². The molecule has 1 saturated heterocycles. The number of hydrogen-bond acceptors (Lipinski definition) is 3. The fourth-order valence-corrected chi connectivity index (χ4v) is 2.47. The second-order valence-corrected chi connectivity index (χ2v) is 5.43. The first kappa shape index (κ1) is 16.0. The number of carbonyl (C=O) groups is 2. The van der Waals surface area contributed by atoms with E-state index in [4.69, 9.17) is 0 Å². The highest BCUT2D eigenvalue weighted by molar-refractivity contribution is 6.19. The molecule has 0 atom stereocenters. The smallest absolute Gasteiger partial charge is 0.310 e. The number of aromatic nitrogens is 2. The molecular weight excluding hydrogens is 325 g/mol. The van der Waals surface area contributed by atoms with Gasteiger partial charge in [0.05, 0.1) is 17.4 Å². The summed E-state index contributed by atoms with van der Waals surface area (Å²) in [7, 11) is 1.66. The molecule has 2 aromatic rings. The predicted molar refractivity (Wildman–Crippen MR) is 77.9 cm³/mol. The summed E-state index contributed by atoms with van der Waals surface area (Å²) in [6.07, 6.45) is -1.47. The molecule has 1 aromatic carbocycles. The van der Waals surface area contributed by atoms with Crippen molar-refractivity contribution in [1.82, 2.24) is 14.7 Å². The number of aryl methyl sites for hydroxylation is 1. The lowest BCUT2D eigenvalue weighted by Crippen LogP contribution is -2.32. The lowest BCUT2D eigenvalue weighted by Gasteiger charge is -2.16. The second-order valence-electron chi connectivity index (χ2n) is 5.43. The Morgan fingerprint density at radius 3 is 2.38 bits per heavy atom. The van der Waals surface area contributed by atoms with Gasteiger partial charge >= 0.3 is 12.2 Å². The molecule has 9 heteroatoms. The van der Waals surface area contributed by atoms with Crippen molar-refractivity contribution in [2.24, 2.45) is 7.05 Å². The third-order valence-electron chi connectivity index (χ3n) is 3.64. The van der Waals surface area contributed by atoms with Crippen molar-refractivity contribution in [2.45, 2.75) is 12.7 Å². The van der Waals surface area contributed by atoms with Crippen LogP contribution in [0.3, 0.4) is 0 Å². The molecule has 6 nitrogen and oxygen atoms in total. The topological polar surface area (TPSA) is 58.4 Å². The van der Waals surface area contributed by atoms with Crippen LogP contribution >= 0.6 is 0 Å². The zero-order valence-corrected chi connectivity index (χ0v) is 12.6. The van der Waals surface area contributed by atoms with E-state index >= 15 is 0 Å². The van der Waals surface area contributed by atoms with E-state index in [0.29, 0.717) is 11.3 Å². The molecular formula is C15H13F3N4O2. The van der Waals surface area contributed by atoms with Gasteiger partial charge in [-0.25, -0.2) is 9.69 Å². The average molecular weight is 338 g/mol. The van der Waals surface area contributed by atoms with Crippen molar-refractivity contribution in [3.63, 3.8) is 0 Å². The van der Waals surface area contributed by atoms with Gasteiger partial charge in [-0.2, -0.15) is 18.3 Å². The van der Waals surface area contributed by atoms with E-state index < -0.39 is 23.7 Å². The number of carbonyl (C=O) groups excluding carboxylic acids is 2. The van der Waals surface area contributed by atoms with Crippen LogP contribution in [-0.4, -0.2) is 33.2 Å². The zero-order chi connectivity index (χ0) is 17.5. The van der Waals surface area contributed by atoms with Crippen molar-refractivity contribution >= 4 is 17.6 Å². The monoisotopic (exact) mass is 338 g/mol. The van der Waals surface area contributed by atoms with Crippen molar-refractivity contribution in [3.05, 3.63) is 47.8 Å². The van der Waals surface area contributed by atoms with E-state index in [0.717, 1.165) is 17.0 Å². The van der Waals surface area contributed by atoms with Crippen LogP contribution in [0, 0.1) is 0 Å². The third-order valence-corrected chi connectivity index (χ3v) is 3.64. The van der Waals surface area contributed by atoms with Crippen molar-refractivity contribution in [3.8, 4) is 0 Å². The summed E-state index contributed by atoms with van der Waals surface area (Å²) in [6, 6.07) is 3.99. The number of amides is 3. The Morgan fingerprint density at radius 1 is 1.17 bits per heavy atom. The molecule has 0 aliphatic carbocycles. The standard InChI is InChI=1S/C15H13F3N4O2/c1-20-8-12(6-19-20)22-13(23)9-21(14(22)24)7-10-2-4-11(5-3-10)15(16,17)18/h2-6,8H,7,9H2,1H3. The normalized spacial score (nSPS) is 15.5. The van der Waals surface area contributed by atoms with Gasteiger partial charge in [0.15, 0.2) is 0 Å². The van der Waals surface area contributed by atoms with Crippen LogP contribution in [0.15, 0.2) is 36.7 Å². The number of imide groups is 1. The molecule has 2 heterocycles. The molecule has 0 unspecified atom stereocenters. The first-order chi connectivity index (χ1) is 11.3. The van der Waals surface area contributed by atoms with Crippen molar-refractivity contribution < 1.29 is 22.8 Å². The Hall–Kier alpha value is -2.84. The quantitative estimate of drug-likeness (QED) is 0.808. The van der Waals surface area contributed by atoms with E-state index in [-0.39, 0.29) is 13.1 Å². The molecule has 0 N–H and O–H groups in total. The molecule has 1 fully saturated rings. The summed E-state index contributed by atoms with van der Waals surface area (Å²) in [5, 5.41) is 3.92. The fourth-order valence-electron chi connectivity index (χ4n) is 2.47. The van der Waals surface area contributed by atoms with Crippen LogP contribution in [0.1, 0.15) is 11.1 Å².